The molecule has 3 N–H and O–H groups in total. The molecule has 0 spiro atoms. The van der Waals surface area contributed by atoms with Gasteiger partial charge in [-0.25, -0.2) is 0 Å². The number of carboxylic acids is 1. The van der Waals surface area contributed by atoms with Gasteiger partial charge < -0.3 is 20.3 Å². The van der Waals surface area contributed by atoms with Crippen LogP contribution < -0.4 is 10.1 Å². The van der Waals surface area contributed by atoms with Gasteiger partial charge in [0.15, 0.2) is 0 Å². The van der Waals surface area contributed by atoms with Gasteiger partial charge in [0.05, 0.1) is 8.59 Å². The van der Waals surface area contributed by atoms with E-state index in [4.69, 9.17) is 21.4 Å². The molecule has 6 nitrogen and oxygen atoms in total. The van der Waals surface area contributed by atoms with Crippen LogP contribution in [0.5, 0.6) is 17.2 Å². The molecule has 0 heterocycles. The van der Waals surface area contributed by atoms with Gasteiger partial charge in [-0.3, -0.25) is 9.59 Å². The number of fused-ring (bicyclic) bond motifs is 1. The predicted molar refractivity (Wildman–Crippen MR) is 105 cm³/mol. The van der Waals surface area contributed by atoms with Gasteiger partial charge in [-0.2, -0.15) is 0 Å². The number of phenols is 1. The summed E-state index contributed by atoms with van der Waals surface area (Å²) in [5.41, 5.74) is 2.35. The standard InChI is InChI=1S/C18H15ClINO5/c19-12-7-14(21-16(23)8-17(24)25)10-2-1-3-11(10)18(12)26-9-4-5-15(22)13(20)6-9/h4-7,22H,1-3,8H2,(H,21,23)(H,24,25). The molecule has 0 fully saturated rings. The third-order valence-corrected chi connectivity index (χ3v) is 5.17. The zero-order valence-electron chi connectivity index (χ0n) is 13.5. The highest BCUT2D eigenvalue weighted by atomic mass is 127. The maximum Gasteiger partial charge on any atom is 0.312 e. The van der Waals surface area contributed by atoms with E-state index in [1.54, 1.807) is 24.3 Å². The average Bonchev–Trinajstić information content (AvgIpc) is 3.03. The molecule has 1 aliphatic rings. The number of aliphatic carboxylic acids is 1. The van der Waals surface area contributed by atoms with Crippen LogP contribution in [0.4, 0.5) is 5.69 Å². The molecule has 0 aromatic heterocycles. The number of benzene rings is 2. The van der Waals surface area contributed by atoms with Crippen LogP contribution in [-0.4, -0.2) is 22.1 Å². The number of aromatic hydroxyl groups is 1. The zero-order chi connectivity index (χ0) is 18.8. The number of carbonyl (C=O) groups is 2. The number of hydrogen-bond donors (Lipinski definition) is 3. The van der Waals surface area contributed by atoms with Crippen LogP contribution in [0.1, 0.15) is 24.0 Å². The Morgan fingerprint density at radius 2 is 1.96 bits per heavy atom. The Morgan fingerprint density at radius 1 is 1.23 bits per heavy atom. The van der Waals surface area contributed by atoms with E-state index < -0.39 is 18.3 Å². The van der Waals surface area contributed by atoms with Crippen molar-refractivity contribution in [3.63, 3.8) is 0 Å². The minimum atomic E-state index is -1.19. The lowest BCUT2D eigenvalue weighted by Crippen LogP contribution is -2.17. The summed E-state index contributed by atoms with van der Waals surface area (Å²) in [5, 5.41) is 21.3. The first-order chi connectivity index (χ1) is 12.3. The SMILES string of the molecule is O=C(O)CC(=O)Nc1cc(Cl)c(Oc2ccc(O)c(I)c2)c2c1CCC2. The van der Waals surface area contributed by atoms with Crippen molar-refractivity contribution in [2.75, 3.05) is 5.32 Å². The fourth-order valence-corrected chi connectivity index (χ4v) is 3.69. The third-order valence-electron chi connectivity index (χ3n) is 4.03. The predicted octanol–water partition coefficient (Wildman–Crippen LogP) is 4.34. The number of anilines is 1. The Bertz CT molecular complexity index is 900. The van der Waals surface area contributed by atoms with Gasteiger partial charge in [0.2, 0.25) is 5.91 Å². The number of hydrogen-bond acceptors (Lipinski definition) is 4. The van der Waals surface area contributed by atoms with E-state index in [0.717, 1.165) is 30.4 Å². The van der Waals surface area contributed by atoms with Crippen molar-refractivity contribution in [2.24, 2.45) is 0 Å². The summed E-state index contributed by atoms with van der Waals surface area (Å²) in [5.74, 6) is -0.537. The van der Waals surface area contributed by atoms with E-state index in [1.165, 1.54) is 0 Å². The fraction of sp³-hybridized carbons (Fsp3) is 0.222. The second-order valence-electron chi connectivity index (χ2n) is 5.88. The van der Waals surface area contributed by atoms with E-state index in [2.05, 4.69) is 5.32 Å². The molecule has 136 valence electrons. The first-order valence-electron chi connectivity index (χ1n) is 7.87. The number of carboxylic acid groups (broad SMARTS) is 1. The van der Waals surface area contributed by atoms with E-state index in [0.29, 0.717) is 25.8 Å². The molecule has 1 amide bonds. The molecule has 0 bridgehead atoms. The smallest absolute Gasteiger partial charge is 0.312 e. The van der Waals surface area contributed by atoms with Gasteiger partial charge in [0, 0.05) is 11.3 Å². The normalized spacial score (nSPS) is 12.5. The Balaban J connectivity index is 1.93. The minimum absolute atomic E-state index is 0.172. The monoisotopic (exact) mass is 487 g/mol. The molecule has 0 saturated carbocycles. The van der Waals surface area contributed by atoms with Gasteiger partial charge in [-0.1, -0.05) is 11.6 Å². The number of ether oxygens (including phenoxy) is 1. The number of phenolic OH excluding ortho intramolecular Hbond substituents is 1. The lowest BCUT2D eigenvalue weighted by Gasteiger charge is -2.17. The maximum atomic E-state index is 11.8. The van der Waals surface area contributed by atoms with Crippen molar-refractivity contribution in [3.05, 3.63) is 44.0 Å². The number of amides is 1. The molecule has 2 aromatic rings. The Hall–Kier alpha value is -2.00. The second-order valence-corrected chi connectivity index (χ2v) is 7.45. The van der Waals surface area contributed by atoms with Gasteiger partial charge in [-0.15, -0.1) is 0 Å². The highest BCUT2D eigenvalue weighted by molar-refractivity contribution is 14.1. The van der Waals surface area contributed by atoms with Crippen molar-refractivity contribution >= 4 is 51.8 Å². The number of halogens is 2. The van der Waals surface area contributed by atoms with E-state index in [-0.39, 0.29) is 5.75 Å². The molecule has 26 heavy (non-hydrogen) atoms. The molecule has 1 aliphatic carbocycles. The van der Waals surface area contributed by atoms with E-state index in [1.807, 2.05) is 22.6 Å². The Morgan fingerprint density at radius 3 is 2.65 bits per heavy atom. The maximum absolute atomic E-state index is 11.8. The highest BCUT2D eigenvalue weighted by Gasteiger charge is 2.24. The van der Waals surface area contributed by atoms with Crippen molar-refractivity contribution in [1.29, 1.82) is 0 Å². The Labute approximate surface area is 168 Å². The molecule has 0 radical (unpaired) electrons. The van der Waals surface area contributed by atoms with Crippen LogP contribution in [0.3, 0.4) is 0 Å². The first kappa shape index (κ1) is 18.8. The largest absolute Gasteiger partial charge is 0.507 e. The topological polar surface area (TPSA) is 95.9 Å². The van der Waals surface area contributed by atoms with E-state index in [9.17, 15) is 14.7 Å². The summed E-state index contributed by atoms with van der Waals surface area (Å²) < 4.78 is 6.62. The van der Waals surface area contributed by atoms with Crippen LogP contribution in [0.2, 0.25) is 5.02 Å². The fourth-order valence-electron chi connectivity index (χ4n) is 2.94. The quantitative estimate of drug-likeness (QED) is 0.431. The molecule has 0 atom stereocenters. The van der Waals surface area contributed by atoms with Gasteiger partial charge >= 0.3 is 5.97 Å². The summed E-state index contributed by atoms with van der Waals surface area (Å²) in [4.78, 5) is 22.5. The summed E-state index contributed by atoms with van der Waals surface area (Å²) in [7, 11) is 0. The Kier molecular flexibility index (Phi) is 5.57. The van der Waals surface area contributed by atoms with Crippen LogP contribution in [0, 0.1) is 3.57 Å². The molecule has 3 rings (SSSR count). The number of rotatable bonds is 5. The lowest BCUT2D eigenvalue weighted by molar-refractivity contribution is -0.139. The highest BCUT2D eigenvalue weighted by Crippen LogP contribution is 2.43. The average molecular weight is 488 g/mol. The van der Waals surface area contributed by atoms with Gasteiger partial charge in [0.1, 0.15) is 23.7 Å². The number of nitrogens with one attached hydrogen (secondary N) is 1. The van der Waals surface area contributed by atoms with Crippen LogP contribution in [0.15, 0.2) is 24.3 Å². The summed E-state index contributed by atoms with van der Waals surface area (Å²) in [6, 6.07) is 6.49. The van der Waals surface area contributed by atoms with Crippen LogP contribution in [-0.2, 0) is 22.4 Å². The van der Waals surface area contributed by atoms with Crippen molar-refractivity contribution in [3.8, 4) is 17.2 Å². The lowest BCUT2D eigenvalue weighted by atomic mass is 10.1. The van der Waals surface area contributed by atoms with Gasteiger partial charge in [0.25, 0.3) is 0 Å². The minimum Gasteiger partial charge on any atom is -0.507 e. The van der Waals surface area contributed by atoms with Crippen molar-refractivity contribution in [1.82, 2.24) is 0 Å². The molecular weight excluding hydrogens is 473 g/mol. The van der Waals surface area contributed by atoms with Crippen molar-refractivity contribution in [2.45, 2.75) is 25.7 Å². The summed E-state index contributed by atoms with van der Waals surface area (Å²) in [6.45, 7) is 0. The van der Waals surface area contributed by atoms with E-state index >= 15 is 0 Å². The second kappa shape index (κ2) is 7.71. The molecule has 0 aliphatic heterocycles. The molecule has 0 unspecified atom stereocenters. The molecular formula is C18H15ClINO5. The summed E-state index contributed by atoms with van der Waals surface area (Å²) >= 11 is 8.39. The molecule has 0 saturated heterocycles. The zero-order valence-corrected chi connectivity index (χ0v) is 16.4. The van der Waals surface area contributed by atoms with Crippen LogP contribution in [0.25, 0.3) is 0 Å². The van der Waals surface area contributed by atoms with Crippen molar-refractivity contribution < 1.29 is 24.5 Å². The number of carbonyl (C=O) groups excluding carboxylic acids is 1. The third kappa shape index (κ3) is 4.04. The molecule has 8 heteroatoms. The van der Waals surface area contributed by atoms with Crippen LogP contribution >= 0.6 is 34.2 Å². The first-order valence-corrected chi connectivity index (χ1v) is 9.33. The van der Waals surface area contributed by atoms with Gasteiger partial charge in [-0.05, 0) is 71.7 Å². The summed E-state index contributed by atoms with van der Waals surface area (Å²) in [6.07, 6.45) is 1.79. The molecule has 2 aromatic carbocycles.